The molecule has 0 aliphatic rings. The molecule has 0 unspecified atom stereocenters. The topological polar surface area (TPSA) is 33.5 Å². The van der Waals surface area contributed by atoms with Crippen molar-refractivity contribution in [2.45, 2.75) is 6.54 Å². The molecule has 0 atom stereocenters. The van der Waals surface area contributed by atoms with Gasteiger partial charge in [-0.25, -0.2) is 0 Å². The van der Waals surface area contributed by atoms with E-state index in [1.807, 2.05) is 24.3 Å². The Bertz CT molecular complexity index is 508. The number of nitrogens with zero attached hydrogens (tertiary/aromatic N) is 1. The monoisotopic (exact) mass is 293 g/mol. The van der Waals surface area contributed by atoms with Crippen LogP contribution in [0.25, 0.3) is 0 Å². The SMILES string of the molecule is CN(Cc1ccccc1Br)C(=O)c1ccoc1. The van der Waals surface area contributed by atoms with E-state index in [2.05, 4.69) is 15.9 Å². The second kappa shape index (κ2) is 5.19. The molecule has 1 aromatic carbocycles. The third kappa shape index (κ3) is 2.77. The van der Waals surface area contributed by atoms with Gasteiger partial charge in [-0.15, -0.1) is 0 Å². The zero-order valence-electron chi connectivity index (χ0n) is 9.39. The zero-order valence-corrected chi connectivity index (χ0v) is 11.0. The van der Waals surface area contributed by atoms with Crippen molar-refractivity contribution in [3.63, 3.8) is 0 Å². The molecular weight excluding hydrogens is 282 g/mol. The molecule has 2 aromatic rings. The van der Waals surface area contributed by atoms with Crippen LogP contribution in [0.1, 0.15) is 15.9 Å². The van der Waals surface area contributed by atoms with Crippen LogP contribution in [0.15, 0.2) is 51.7 Å². The molecule has 0 fully saturated rings. The minimum Gasteiger partial charge on any atom is -0.472 e. The van der Waals surface area contributed by atoms with Gasteiger partial charge in [0.05, 0.1) is 11.8 Å². The van der Waals surface area contributed by atoms with Crippen molar-refractivity contribution in [3.8, 4) is 0 Å². The van der Waals surface area contributed by atoms with Gasteiger partial charge >= 0.3 is 0 Å². The molecule has 0 N–H and O–H groups in total. The lowest BCUT2D eigenvalue weighted by Crippen LogP contribution is -2.25. The number of carbonyl (C=O) groups excluding carboxylic acids is 1. The third-order valence-corrected chi connectivity index (χ3v) is 3.25. The van der Waals surface area contributed by atoms with Crippen molar-refractivity contribution in [1.82, 2.24) is 4.90 Å². The molecule has 0 saturated heterocycles. The van der Waals surface area contributed by atoms with Gasteiger partial charge in [0.2, 0.25) is 0 Å². The number of furan rings is 1. The van der Waals surface area contributed by atoms with E-state index in [1.54, 1.807) is 18.0 Å². The van der Waals surface area contributed by atoms with Gasteiger partial charge in [0.1, 0.15) is 6.26 Å². The van der Waals surface area contributed by atoms with Crippen LogP contribution in [0, 0.1) is 0 Å². The standard InChI is InChI=1S/C13H12BrNO2/c1-15(13(16)11-6-7-17-9-11)8-10-4-2-3-5-12(10)14/h2-7,9H,8H2,1H3. The summed E-state index contributed by atoms with van der Waals surface area (Å²) in [6.45, 7) is 0.561. The van der Waals surface area contributed by atoms with Crippen LogP contribution < -0.4 is 0 Å². The Hall–Kier alpha value is -1.55. The Labute approximate surface area is 108 Å². The van der Waals surface area contributed by atoms with Gasteiger partial charge in [-0.05, 0) is 17.7 Å². The van der Waals surface area contributed by atoms with Crippen molar-refractivity contribution >= 4 is 21.8 Å². The number of amides is 1. The van der Waals surface area contributed by atoms with E-state index in [-0.39, 0.29) is 5.91 Å². The summed E-state index contributed by atoms with van der Waals surface area (Å²) < 4.78 is 5.91. The molecule has 2 rings (SSSR count). The van der Waals surface area contributed by atoms with Crippen LogP contribution in [-0.4, -0.2) is 17.9 Å². The van der Waals surface area contributed by atoms with Crippen LogP contribution >= 0.6 is 15.9 Å². The summed E-state index contributed by atoms with van der Waals surface area (Å²) in [5.74, 6) is -0.0468. The van der Waals surface area contributed by atoms with E-state index in [1.165, 1.54) is 12.5 Å². The zero-order chi connectivity index (χ0) is 12.3. The molecule has 1 amide bonds. The van der Waals surface area contributed by atoms with Gasteiger partial charge < -0.3 is 9.32 Å². The second-order valence-electron chi connectivity index (χ2n) is 3.76. The predicted molar refractivity (Wildman–Crippen MR) is 68.6 cm³/mol. The Balaban J connectivity index is 2.10. The van der Waals surface area contributed by atoms with Crippen LogP contribution in [0.4, 0.5) is 0 Å². The fraction of sp³-hybridized carbons (Fsp3) is 0.154. The maximum atomic E-state index is 12.0. The van der Waals surface area contributed by atoms with Crippen molar-refractivity contribution < 1.29 is 9.21 Å². The highest BCUT2D eigenvalue weighted by atomic mass is 79.9. The van der Waals surface area contributed by atoms with Gasteiger partial charge in [-0.1, -0.05) is 34.1 Å². The number of halogens is 1. The van der Waals surface area contributed by atoms with Gasteiger partial charge in [0, 0.05) is 18.1 Å². The van der Waals surface area contributed by atoms with Crippen molar-refractivity contribution in [3.05, 3.63) is 58.5 Å². The van der Waals surface area contributed by atoms with Gasteiger partial charge in [-0.2, -0.15) is 0 Å². The lowest BCUT2D eigenvalue weighted by Gasteiger charge is -2.17. The largest absolute Gasteiger partial charge is 0.472 e. The molecule has 0 spiro atoms. The predicted octanol–water partition coefficient (Wildman–Crippen LogP) is 3.31. The van der Waals surface area contributed by atoms with Gasteiger partial charge in [0.25, 0.3) is 5.91 Å². The first-order valence-corrected chi connectivity index (χ1v) is 5.99. The third-order valence-electron chi connectivity index (χ3n) is 2.48. The van der Waals surface area contributed by atoms with E-state index in [4.69, 9.17) is 4.42 Å². The number of hydrogen-bond donors (Lipinski definition) is 0. The van der Waals surface area contributed by atoms with E-state index >= 15 is 0 Å². The first-order chi connectivity index (χ1) is 8.18. The lowest BCUT2D eigenvalue weighted by atomic mass is 10.2. The van der Waals surface area contributed by atoms with E-state index in [0.717, 1.165) is 10.0 Å². The average molecular weight is 294 g/mol. The summed E-state index contributed by atoms with van der Waals surface area (Å²) in [7, 11) is 1.77. The summed E-state index contributed by atoms with van der Waals surface area (Å²) in [6.07, 6.45) is 2.96. The summed E-state index contributed by atoms with van der Waals surface area (Å²) in [5.41, 5.74) is 1.64. The fourth-order valence-electron chi connectivity index (χ4n) is 1.56. The van der Waals surface area contributed by atoms with Crippen molar-refractivity contribution in [2.75, 3.05) is 7.05 Å². The molecule has 4 heteroatoms. The molecule has 0 radical (unpaired) electrons. The summed E-state index contributed by atoms with van der Waals surface area (Å²) in [4.78, 5) is 13.6. The van der Waals surface area contributed by atoms with E-state index in [0.29, 0.717) is 12.1 Å². The van der Waals surface area contributed by atoms with Crippen LogP contribution in [0.2, 0.25) is 0 Å². The maximum absolute atomic E-state index is 12.0. The van der Waals surface area contributed by atoms with E-state index < -0.39 is 0 Å². The van der Waals surface area contributed by atoms with Gasteiger partial charge in [-0.3, -0.25) is 4.79 Å². The number of carbonyl (C=O) groups is 1. The first-order valence-electron chi connectivity index (χ1n) is 5.19. The Morgan fingerprint density at radius 2 is 2.12 bits per heavy atom. The smallest absolute Gasteiger partial charge is 0.257 e. The number of rotatable bonds is 3. The normalized spacial score (nSPS) is 10.2. The molecule has 88 valence electrons. The van der Waals surface area contributed by atoms with Crippen LogP contribution in [0.3, 0.4) is 0 Å². The summed E-state index contributed by atoms with van der Waals surface area (Å²) >= 11 is 3.47. The number of benzene rings is 1. The van der Waals surface area contributed by atoms with Crippen LogP contribution in [-0.2, 0) is 6.54 Å². The summed E-state index contributed by atoms with van der Waals surface area (Å²) in [6, 6.07) is 9.52. The molecule has 1 heterocycles. The maximum Gasteiger partial charge on any atom is 0.257 e. The molecule has 1 aromatic heterocycles. The second-order valence-corrected chi connectivity index (χ2v) is 4.62. The van der Waals surface area contributed by atoms with Gasteiger partial charge in [0.15, 0.2) is 0 Å². The Morgan fingerprint density at radius 3 is 2.76 bits per heavy atom. The van der Waals surface area contributed by atoms with Crippen LogP contribution in [0.5, 0.6) is 0 Å². The Morgan fingerprint density at radius 1 is 1.35 bits per heavy atom. The Kier molecular flexibility index (Phi) is 3.64. The molecule has 3 nitrogen and oxygen atoms in total. The fourth-order valence-corrected chi connectivity index (χ4v) is 1.97. The molecule has 0 aliphatic carbocycles. The quantitative estimate of drug-likeness (QED) is 0.870. The molecule has 0 bridgehead atoms. The molecule has 17 heavy (non-hydrogen) atoms. The van der Waals surface area contributed by atoms with E-state index in [9.17, 15) is 4.79 Å². The highest BCUT2D eigenvalue weighted by Gasteiger charge is 2.13. The lowest BCUT2D eigenvalue weighted by molar-refractivity contribution is 0.0784. The van der Waals surface area contributed by atoms with Crippen molar-refractivity contribution in [1.29, 1.82) is 0 Å². The minimum atomic E-state index is -0.0468. The first kappa shape index (κ1) is 11.9. The minimum absolute atomic E-state index is 0.0468. The molecule has 0 saturated carbocycles. The highest BCUT2D eigenvalue weighted by molar-refractivity contribution is 9.10. The summed E-state index contributed by atoms with van der Waals surface area (Å²) in [5, 5.41) is 0. The molecule has 0 aliphatic heterocycles. The van der Waals surface area contributed by atoms with Crippen molar-refractivity contribution in [2.24, 2.45) is 0 Å². The number of hydrogen-bond acceptors (Lipinski definition) is 2. The highest BCUT2D eigenvalue weighted by Crippen LogP contribution is 2.18. The molecular formula is C13H12BrNO2. The average Bonchev–Trinajstić information content (AvgIpc) is 2.84.